The minimum Gasteiger partial charge on any atom is -0.461 e. The first-order valence-corrected chi connectivity index (χ1v) is 6.25. The largest absolute Gasteiger partial charge is 0.461 e. The molecule has 0 N–H and O–H groups in total. The molecule has 2 heterocycles. The first-order chi connectivity index (χ1) is 7.22. The van der Waals surface area contributed by atoms with Gasteiger partial charge in [-0.15, -0.1) is 11.3 Å². The summed E-state index contributed by atoms with van der Waals surface area (Å²) in [7, 11) is 1.87. The molecule has 0 fully saturated rings. The van der Waals surface area contributed by atoms with E-state index in [0.717, 1.165) is 4.88 Å². The first kappa shape index (κ1) is 10.6. The van der Waals surface area contributed by atoms with E-state index in [2.05, 4.69) is 6.07 Å². The number of nitrogens with zero attached hydrogens (tertiary/aromatic N) is 1. The first-order valence-electron chi connectivity index (χ1n) is 4.60. The van der Waals surface area contributed by atoms with E-state index in [4.69, 9.17) is 4.74 Å². The van der Waals surface area contributed by atoms with Crippen molar-refractivity contribution < 1.29 is 9.53 Å². The van der Waals surface area contributed by atoms with E-state index in [9.17, 15) is 4.79 Å². The monoisotopic (exact) mass is 241 g/mol. The number of esters is 1. The Kier molecular flexibility index (Phi) is 3.02. The smallest absolute Gasteiger partial charge is 0.355 e. The molecular formula is C10H11NO2S2. The zero-order valence-electron chi connectivity index (χ0n) is 8.52. The summed E-state index contributed by atoms with van der Waals surface area (Å²) in [4.78, 5) is 13.9. The second-order valence-electron chi connectivity index (χ2n) is 2.99. The summed E-state index contributed by atoms with van der Waals surface area (Å²) in [5.74, 6) is -0.258. The average Bonchev–Trinajstić information content (AvgIpc) is 2.63. The molecule has 0 aliphatic carbocycles. The Bertz CT molecular complexity index is 411. The molecule has 0 spiro atoms. The van der Waals surface area contributed by atoms with Crippen molar-refractivity contribution in [3.05, 3.63) is 22.0 Å². The average molecular weight is 241 g/mol. The molecule has 0 aromatic carbocycles. The van der Waals surface area contributed by atoms with E-state index in [1.54, 1.807) is 23.3 Å². The van der Waals surface area contributed by atoms with Gasteiger partial charge in [-0.1, -0.05) is 0 Å². The Labute approximate surface area is 96.9 Å². The molecule has 1 aliphatic rings. The zero-order valence-corrected chi connectivity index (χ0v) is 10.2. The number of carbonyl (C=O) groups excluding carboxylic acids is 1. The lowest BCUT2D eigenvalue weighted by atomic mass is 10.3. The van der Waals surface area contributed by atoms with Crippen molar-refractivity contribution in [1.29, 1.82) is 0 Å². The molecular weight excluding hydrogens is 230 g/mol. The predicted molar refractivity (Wildman–Crippen MR) is 62.5 cm³/mol. The number of carbonyl (C=O) groups is 1. The molecule has 0 unspecified atom stereocenters. The van der Waals surface area contributed by atoms with Crippen LogP contribution in [0.25, 0.3) is 6.08 Å². The second kappa shape index (κ2) is 4.28. The third kappa shape index (κ3) is 2.03. The SMILES string of the molecule is CCOC(=O)C1=Cc2sccc2SN1C. The number of thiophene rings is 1. The highest BCUT2D eigenvalue weighted by molar-refractivity contribution is 7.97. The van der Waals surface area contributed by atoms with Crippen LogP contribution in [0.3, 0.4) is 0 Å². The quantitative estimate of drug-likeness (QED) is 0.588. The summed E-state index contributed by atoms with van der Waals surface area (Å²) in [6.45, 7) is 2.22. The number of fused-ring (bicyclic) bond motifs is 1. The van der Waals surface area contributed by atoms with Crippen LogP contribution >= 0.6 is 23.3 Å². The van der Waals surface area contributed by atoms with Gasteiger partial charge in [0.25, 0.3) is 0 Å². The third-order valence-electron chi connectivity index (χ3n) is 1.98. The van der Waals surface area contributed by atoms with Crippen molar-refractivity contribution in [2.24, 2.45) is 0 Å². The summed E-state index contributed by atoms with van der Waals surface area (Å²) in [6, 6.07) is 2.06. The highest BCUT2D eigenvalue weighted by atomic mass is 32.2. The van der Waals surface area contributed by atoms with Gasteiger partial charge < -0.3 is 9.04 Å². The molecule has 80 valence electrons. The molecule has 0 radical (unpaired) electrons. The Morgan fingerprint density at radius 3 is 3.13 bits per heavy atom. The van der Waals surface area contributed by atoms with Gasteiger partial charge in [0.15, 0.2) is 0 Å². The number of rotatable bonds is 2. The molecule has 2 rings (SSSR count). The normalized spacial score (nSPS) is 14.5. The van der Waals surface area contributed by atoms with E-state index < -0.39 is 0 Å². The summed E-state index contributed by atoms with van der Waals surface area (Å²) in [6.07, 6.45) is 1.88. The van der Waals surface area contributed by atoms with Gasteiger partial charge in [0.2, 0.25) is 0 Å². The fourth-order valence-corrected chi connectivity index (χ4v) is 3.15. The maximum Gasteiger partial charge on any atom is 0.355 e. The molecule has 0 atom stereocenters. The Hall–Kier alpha value is -0.940. The van der Waals surface area contributed by atoms with Crippen molar-refractivity contribution in [3.63, 3.8) is 0 Å². The van der Waals surface area contributed by atoms with Gasteiger partial charge in [0.05, 0.1) is 6.61 Å². The van der Waals surface area contributed by atoms with Crippen molar-refractivity contribution in [2.75, 3.05) is 13.7 Å². The summed E-state index contributed by atoms with van der Waals surface area (Å²) >= 11 is 3.19. The van der Waals surface area contributed by atoms with Gasteiger partial charge in [-0.25, -0.2) is 4.79 Å². The van der Waals surface area contributed by atoms with Crippen LogP contribution in [-0.2, 0) is 9.53 Å². The van der Waals surface area contributed by atoms with Gasteiger partial charge in [0.1, 0.15) is 5.70 Å². The van der Waals surface area contributed by atoms with Crippen LogP contribution in [0.2, 0.25) is 0 Å². The topological polar surface area (TPSA) is 29.5 Å². The highest BCUT2D eigenvalue weighted by Crippen LogP contribution is 2.38. The fourth-order valence-electron chi connectivity index (χ4n) is 1.29. The lowest BCUT2D eigenvalue weighted by Crippen LogP contribution is -2.21. The van der Waals surface area contributed by atoms with Crippen molar-refractivity contribution in [3.8, 4) is 0 Å². The van der Waals surface area contributed by atoms with Crippen molar-refractivity contribution in [2.45, 2.75) is 11.8 Å². The predicted octanol–water partition coefficient (Wildman–Crippen LogP) is 2.60. The van der Waals surface area contributed by atoms with Gasteiger partial charge in [-0.05, 0) is 36.4 Å². The summed E-state index contributed by atoms with van der Waals surface area (Å²) in [5, 5.41) is 2.02. The molecule has 1 aliphatic heterocycles. The summed E-state index contributed by atoms with van der Waals surface area (Å²) < 4.78 is 6.83. The Morgan fingerprint density at radius 2 is 2.40 bits per heavy atom. The Morgan fingerprint density at radius 1 is 1.60 bits per heavy atom. The molecule has 15 heavy (non-hydrogen) atoms. The minimum absolute atomic E-state index is 0.258. The van der Waals surface area contributed by atoms with Crippen LogP contribution in [0.15, 0.2) is 22.0 Å². The lowest BCUT2D eigenvalue weighted by Gasteiger charge is -2.23. The molecule has 0 saturated carbocycles. The maximum atomic E-state index is 11.6. The molecule has 5 heteroatoms. The Balaban J connectivity index is 2.29. The number of hydrogen-bond acceptors (Lipinski definition) is 5. The number of hydrogen-bond donors (Lipinski definition) is 0. The number of ether oxygens (including phenoxy) is 1. The molecule has 1 aromatic rings. The second-order valence-corrected chi connectivity index (χ2v) is 5.11. The van der Waals surface area contributed by atoms with Crippen LogP contribution in [-0.4, -0.2) is 23.9 Å². The van der Waals surface area contributed by atoms with Gasteiger partial charge in [-0.3, -0.25) is 0 Å². The van der Waals surface area contributed by atoms with E-state index in [0.29, 0.717) is 12.3 Å². The van der Waals surface area contributed by atoms with E-state index in [1.807, 2.05) is 29.7 Å². The molecule has 0 amide bonds. The fraction of sp³-hybridized carbons (Fsp3) is 0.300. The van der Waals surface area contributed by atoms with E-state index >= 15 is 0 Å². The van der Waals surface area contributed by atoms with E-state index in [1.165, 1.54) is 4.90 Å². The van der Waals surface area contributed by atoms with Crippen molar-refractivity contribution >= 4 is 35.3 Å². The van der Waals surface area contributed by atoms with E-state index in [-0.39, 0.29) is 5.97 Å². The lowest BCUT2D eigenvalue weighted by molar-refractivity contribution is -0.139. The molecule has 3 nitrogen and oxygen atoms in total. The third-order valence-corrected chi connectivity index (χ3v) is 4.00. The van der Waals surface area contributed by atoms with Crippen molar-refractivity contribution in [1.82, 2.24) is 4.31 Å². The highest BCUT2D eigenvalue weighted by Gasteiger charge is 2.22. The van der Waals surface area contributed by atoms with Crippen LogP contribution in [0.1, 0.15) is 11.8 Å². The minimum atomic E-state index is -0.258. The van der Waals surface area contributed by atoms with Crippen LogP contribution < -0.4 is 0 Å². The molecule has 0 saturated heterocycles. The summed E-state index contributed by atoms with van der Waals surface area (Å²) in [5.41, 5.74) is 0.608. The van der Waals surface area contributed by atoms with Gasteiger partial charge in [0, 0.05) is 16.8 Å². The van der Waals surface area contributed by atoms with Crippen LogP contribution in [0.4, 0.5) is 0 Å². The number of likely N-dealkylation sites (N-methyl/N-ethyl adjacent to an activating group) is 1. The zero-order chi connectivity index (χ0) is 10.8. The maximum absolute atomic E-state index is 11.6. The van der Waals surface area contributed by atoms with Crippen LogP contribution in [0, 0.1) is 0 Å². The molecule has 1 aromatic heterocycles. The van der Waals surface area contributed by atoms with Gasteiger partial charge in [-0.2, -0.15) is 0 Å². The van der Waals surface area contributed by atoms with Gasteiger partial charge >= 0.3 is 5.97 Å². The molecule has 0 bridgehead atoms. The standard InChI is InChI=1S/C10H11NO2S2/c1-3-13-10(12)7-6-9-8(4-5-14-9)15-11(7)2/h4-6H,3H2,1-2H3. The van der Waals surface area contributed by atoms with Crippen LogP contribution in [0.5, 0.6) is 0 Å².